The quantitative estimate of drug-likeness (QED) is 0.658. The summed E-state index contributed by atoms with van der Waals surface area (Å²) in [6, 6.07) is 12.8. The number of aliphatic hydroxyl groups is 1. The van der Waals surface area contributed by atoms with Crippen LogP contribution in [0.15, 0.2) is 53.8 Å². The maximum Gasteiger partial charge on any atom is 0.294 e. The molecule has 0 aromatic heterocycles. The van der Waals surface area contributed by atoms with Crippen LogP contribution in [0.1, 0.15) is 44.4 Å². The van der Waals surface area contributed by atoms with Gasteiger partial charge in [0.25, 0.3) is 5.91 Å². The number of amides is 1. The van der Waals surface area contributed by atoms with Crippen molar-refractivity contribution in [1.82, 2.24) is 0 Å². The van der Waals surface area contributed by atoms with Crippen LogP contribution >= 0.6 is 0 Å². The molecular weight excluding hydrogens is 408 g/mol. The molecule has 1 heterocycles. The molecule has 32 heavy (non-hydrogen) atoms. The third kappa shape index (κ3) is 4.30. The van der Waals surface area contributed by atoms with Gasteiger partial charge in [0.1, 0.15) is 0 Å². The Hall–Kier alpha value is -3.79. The summed E-state index contributed by atoms with van der Waals surface area (Å²) in [5.41, 5.74) is 1.56. The predicted octanol–water partition coefficient (Wildman–Crippen LogP) is 4.48. The van der Waals surface area contributed by atoms with Crippen LogP contribution in [0.25, 0.3) is 0 Å². The van der Waals surface area contributed by atoms with E-state index in [2.05, 4.69) is 0 Å². The number of methoxy groups -OCH3 is 1. The van der Waals surface area contributed by atoms with Crippen molar-refractivity contribution in [2.24, 2.45) is 5.92 Å². The molecule has 2 aromatic rings. The van der Waals surface area contributed by atoms with E-state index in [1.807, 2.05) is 26.8 Å². The minimum atomic E-state index is -0.841. The summed E-state index contributed by atoms with van der Waals surface area (Å²) in [4.78, 5) is 27.6. The summed E-state index contributed by atoms with van der Waals surface area (Å²) in [6.07, 6.45) is 0.193. The van der Waals surface area contributed by atoms with Crippen LogP contribution in [0.5, 0.6) is 11.5 Å². The number of anilines is 1. The summed E-state index contributed by atoms with van der Waals surface area (Å²) >= 11 is 0. The van der Waals surface area contributed by atoms with E-state index in [0.717, 1.165) is 0 Å². The lowest BCUT2D eigenvalue weighted by molar-refractivity contribution is -0.118. The van der Waals surface area contributed by atoms with Gasteiger partial charge in [-0.1, -0.05) is 19.9 Å². The van der Waals surface area contributed by atoms with Gasteiger partial charge in [0.15, 0.2) is 23.0 Å². The normalized spacial score (nSPS) is 15.8. The van der Waals surface area contributed by atoms with Crippen molar-refractivity contribution in [3.05, 3.63) is 64.9 Å². The maximum absolute atomic E-state index is 13.1. The molecule has 0 saturated carbocycles. The van der Waals surface area contributed by atoms with E-state index in [9.17, 15) is 14.7 Å². The highest BCUT2D eigenvalue weighted by molar-refractivity contribution is 6.16. The smallest absolute Gasteiger partial charge is 0.294 e. The average molecular weight is 434 g/mol. The third-order valence-corrected chi connectivity index (χ3v) is 5.18. The Balaban J connectivity index is 2.17. The number of carbonyl (C=O) groups excluding carboxylic acids is 2. The SMILES string of the molecule is CCOc1cc(C2C(C(=O)CC(C)C)=C(O)C(=O)N2c2ccc(C#N)cc2)ccc1OC. The first-order chi connectivity index (χ1) is 15.3. The van der Waals surface area contributed by atoms with Crippen molar-refractivity contribution in [3.63, 3.8) is 0 Å². The van der Waals surface area contributed by atoms with Crippen molar-refractivity contribution in [3.8, 4) is 17.6 Å². The standard InChI is InChI=1S/C25H26N2O5/c1-5-32-21-13-17(8-11-20(21)31-4)23-22(19(28)12-15(2)3)24(29)25(30)27(23)18-9-6-16(14-26)7-10-18/h6-11,13,15,23,29H,5,12H2,1-4H3. The molecule has 1 unspecified atom stereocenters. The number of nitrogens with zero attached hydrogens (tertiary/aromatic N) is 2. The largest absolute Gasteiger partial charge is 0.503 e. The second-order valence-corrected chi connectivity index (χ2v) is 7.86. The molecule has 1 aliphatic rings. The summed E-state index contributed by atoms with van der Waals surface area (Å²) in [5.74, 6) is -0.465. The number of benzene rings is 2. The first-order valence-corrected chi connectivity index (χ1v) is 10.4. The summed E-state index contributed by atoms with van der Waals surface area (Å²) < 4.78 is 11.0. The lowest BCUT2D eigenvalue weighted by Gasteiger charge is -2.27. The molecule has 0 saturated heterocycles. The van der Waals surface area contributed by atoms with E-state index in [0.29, 0.717) is 34.9 Å². The highest BCUT2D eigenvalue weighted by Crippen LogP contribution is 2.43. The predicted molar refractivity (Wildman–Crippen MR) is 120 cm³/mol. The Morgan fingerprint density at radius 1 is 1.19 bits per heavy atom. The minimum Gasteiger partial charge on any atom is -0.503 e. The number of Topliss-reactive ketones (excluding diaryl/α,β-unsaturated/α-hetero) is 1. The molecule has 1 amide bonds. The molecule has 0 fully saturated rings. The van der Waals surface area contributed by atoms with E-state index in [1.54, 1.807) is 42.5 Å². The molecule has 0 spiro atoms. The van der Waals surface area contributed by atoms with E-state index in [4.69, 9.17) is 14.7 Å². The summed E-state index contributed by atoms with van der Waals surface area (Å²) in [7, 11) is 1.53. The van der Waals surface area contributed by atoms with Gasteiger partial charge in [-0.05, 0) is 54.8 Å². The molecule has 3 rings (SSSR count). The molecule has 1 atom stereocenters. The van der Waals surface area contributed by atoms with Crippen LogP contribution in [0.4, 0.5) is 5.69 Å². The first-order valence-electron chi connectivity index (χ1n) is 10.4. The van der Waals surface area contributed by atoms with Gasteiger partial charge in [-0.2, -0.15) is 5.26 Å². The zero-order chi connectivity index (χ0) is 23.4. The fraction of sp³-hybridized carbons (Fsp3) is 0.320. The van der Waals surface area contributed by atoms with Gasteiger partial charge in [-0.15, -0.1) is 0 Å². The zero-order valence-corrected chi connectivity index (χ0v) is 18.6. The number of carbonyl (C=O) groups is 2. The van der Waals surface area contributed by atoms with E-state index in [1.165, 1.54) is 12.0 Å². The zero-order valence-electron chi connectivity index (χ0n) is 18.6. The van der Waals surface area contributed by atoms with Crippen LogP contribution in [-0.4, -0.2) is 30.5 Å². The van der Waals surface area contributed by atoms with Crippen LogP contribution in [0.2, 0.25) is 0 Å². The van der Waals surface area contributed by atoms with Crippen molar-refractivity contribution in [2.75, 3.05) is 18.6 Å². The second kappa shape index (κ2) is 9.56. The molecule has 0 radical (unpaired) electrons. The van der Waals surface area contributed by atoms with Crippen molar-refractivity contribution in [1.29, 1.82) is 5.26 Å². The first kappa shape index (κ1) is 22.9. The Labute approximate surface area is 187 Å². The highest BCUT2D eigenvalue weighted by atomic mass is 16.5. The Morgan fingerprint density at radius 2 is 1.88 bits per heavy atom. The molecule has 166 valence electrons. The lowest BCUT2D eigenvalue weighted by Crippen LogP contribution is -2.31. The number of hydrogen-bond acceptors (Lipinski definition) is 6. The van der Waals surface area contributed by atoms with Gasteiger partial charge >= 0.3 is 0 Å². The molecular formula is C25H26N2O5. The van der Waals surface area contributed by atoms with Gasteiger partial charge in [0.05, 0.1) is 37.0 Å². The van der Waals surface area contributed by atoms with E-state index < -0.39 is 17.7 Å². The number of rotatable bonds is 8. The fourth-order valence-electron chi connectivity index (χ4n) is 3.78. The number of nitriles is 1. The summed E-state index contributed by atoms with van der Waals surface area (Å²) in [5, 5.41) is 19.8. The average Bonchev–Trinajstić information content (AvgIpc) is 3.04. The minimum absolute atomic E-state index is 0.0531. The molecule has 1 aliphatic heterocycles. The van der Waals surface area contributed by atoms with Gasteiger partial charge in [-0.25, -0.2) is 0 Å². The van der Waals surface area contributed by atoms with Gasteiger partial charge in [0.2, 0.25) is 0 Å². The van der Waals surface area contributed by atoms with Crippen molar-refractivity contribution < 1.29 is 24.2 Å². The van der Waals surface area contributed by atoms with Crippen molar-refractivity contribution >= 4 is 17.4 Å². The van der Waals surface area contributed by atoms with Crippen molar-refractivity contribution in [2.45, 2.75) is 33.2 Å². The number of ketones is 1. The molecule has 0 bridgehead atoms. The molecule has 2 aromatic carbocycles. The summed E-state index contributed by atoms with van der Waals surface area (Å²) in [6.45, 7) is 6.06. The van der Waals surface area contributed by atoms with Gasteiger partial charge < -0.3 is 14.6 Å². The van der Waals surface area contributed by atoms with Crippen LogP contribution in [0.3, 0.4) is 0 Å². The van der Waals surface area contributed by atoms with Gasteiger partial charge in [-0.3, -0.25) is 14.5 Å². The molecule has 7 nitrogen and oxygen atoms in total. The Bertz CT molecular complexity index is 1100. The fourth-order valence-corrected chi connectivity index (χ4v) is 3.78. The topological polar surface area (TPSA) is 99.9 Å². The van der Waals surface area contributed by atoms with Crippen LogP contribution in [0, 0.1) is 17.2 Å². The van der Waals surface area contributed by atoms with Gasteiger partial charge in [0, 0.05) is 12.1 Å². The molecule has 7 heteroatoms. The molecule has 0 aliphatic carbocycles. The van der Waals surface area contributed by atoms with Crippen LogP contribution in [-0.2, 0) is 9.59 Å². The monoisotopic (exact) mass is 434 g/mol. The Morgan fingerprint density at radius 3 is 2.44 bits per heavy atom. The number of aliphatic hydroxyl groups excluding tert-OH is 1. The number of hydrogen-bond donors (Lipinski definition) is 1. The second-order valence-electron chi connectivity index (χ2n) is 7.86. The van der Waals surface area contributed by atoms with E-state index >= 15 is 0 Å². The van der Waals surface area contributed by atoms with E-state index in [-0.39, 0.29) is 23.7 Å². The lowest BCUT2D eigenvalue weighted by atomic mass is 9.91. The van der Waals surface area contributed by atoms with Crippen LogP contribution < -0.4 is 14.4 Å². The third-order valence-electron chi connectivity index (χ3n) is 5.18. The Kier molecular flexibility index (Phi) is 6.84. The highest BCUT2D eigenvalue weighted by Gasteiger charge is 2.44. The number of ether oxygens (including phenoxy) is 2. The maximum atomic E-state index is 13.1. The molecule has 1 N–H and O–H groups in total.